The molecular formula is C65H69FN12O7. The van der Waals surface area contributed by atoms with Gasteiger partial charge in [0.05, 0.1) is 24.2 Å². The maximum atomic E-state index is 13.5. The SMILES string of the molecule is CCC(=O)N(C)c1ccc(C2=NC(C(=O)NCc3ccc(C)nc3)=CC2)cc1.CCC(=O)N(C)c1ccc(C2=NC(C(=O)NCc3ccc(OC)nc3)=CC2)cc1.CCC(=O)N(C)c1ccc(C2=NC(C(=O)NCc3cccnc3F)=CC2)cc1. The first kappa shape index (κ1) is 62.5. The number of methoxy groups -OCH3 is 1. The van der Waals surface area contributed by atoms with Crippen LogP contribution in [0, 0.1) is 12.9 Å². The number of anilines is 3. The molecule has 9 rings (SSSR count). The first-order chi connectivity index (χ1) is 41.0. The van der Waals surface area contributed by atoms with Crippen LogP contribution in [0.3, 0.4) is 0 Å². The summed E-state index contributed by atoms with van der Waals surface area (Å²) in [7, 11) is 6.82. The standard InChI is InChI=1S/C22H24N4O3.C22H24N4O2.C21H21FN4O2/c1-4-21(27)26(2)17-8-6-16(7-9-17)18-10-11-19(25-18)22(28)24-14-15-5-12-20(29-3)23-13-15;1-4-21(27)26(3)18-9-7-17(8-10-18)19-11-12-20(25-19)22(28)24-14-16-6-5-15(2)23-13-16;1-3-19(27)26(2)16-8-6-14(7-9-16)17-10-11-18(25-17)21(28)24-13-15-5-4-12-23-20(15)22/h5-9,11-13H,4,10,14H2,1-3H3,(H,24,28);5-10,12-13H,4,11,14H2,1-3H3,(H,24,28);4-9,11-12H,3,10,13H2,1-2H3,(H,24,28). The predicted octanol–water partition coefficient (Wildman–Crippen LogP) is 9.00. The van der Waals surface area contributed by atoms with Crippen LogP contribution in [-0.4, -0.2) is 95.8 Å². The summed E-state index contributed by atoms with van der Waals surface area (Å²) in [6.45, 7) is 8.26. The zero-order chi connectivity index (χ0) is 61.0. The minimum Gasteiger partial charge on any atom is -0.481 e. The quantitative estimate of drug-likeness (QED) is 0.0651. The van der Waals surface area contributed by atoms with E-state index < -0.39 is 5.95 Å². The van der Waals surface area contributed by atoms with Crippen LogP contribution in [0.5, 0.6) is 5.88 Å². The molecule has 0 fully saturated rings. The van der Waals surface area contributed by atoms with Gasteiger partial charge in [-0.3, -0.25) is 33.8 Å². The monoisotopic (exact) mass is 1150 g/mol. The fourth-order valence-electron chi connectivity index (χ4n) is 8.65. The summed E-state index contributed by atoms with van der Waals surface area (Å²) in [5.74, 6) is -0.678. The van der Waals surface area contributed by atoms with E-state index >= 15 is 0 Å². The molecule has 20 heteroatoms. The second kappa shape index (κ2) is 30.3. The van der Waals surface area contributed by atoms with Crippen molar-refractivity contribution in [3.8, 4) is 5.88 Å². The Labute approximate surface area is 494 Å². The molecule has 0 aliphatic carbocycles. The van der Waals surface area contributed by atoms with Crippen molar-refractivity contribution < 1.29 is 37.9 Å². The predicted molar refractivity (Wildman–Crippen MR) is 328 cm³/mol. The molecule has 6 amide bonds. The number of aliphatic imine (C=N–C) groups is 3. The number of benzene rings is 3. The normalized spacial score (nSPS) is 12.9. The number of carbonyl (C=O) groups is 6. The minimum absolute atomic E-state index is 0.0385. The molecular weight excluding hydrogens is 1080 g/mol. The van der Waals surface area contributed by atoms with Crippen molar-refractivity contribution in [1.82, 2.24) is 30.9 Å². The fraction of sp³-hybridized carbons (Fsp3) is 0.262. The molecule has 0 spiro atoms. The zero-order valence-corrected chi connectivity index (χ0v) is 49.0. The van der Waals surface area contributed by atoms with Gasteiger partial charge in [-0.1, -0.05) is 75.4 Å². The van der Waals surface area contributed by atoms with Gasteiger partial charge in [-0.2, -0.15) is 4.39 Å². The van der Waals surface area contributed by atoms with Gasteiger partial charge in [0.15, 0.2) is 0 Å². The Morgan fingerprint density at radius 2 is 0.871 bits per heavy atom. The molecule has 3 aromatic carbocycles. The number of amides is 6. The number of nitrogens with one attached hydrogen (secondary N) is 3. The second-order valence-corrected chi connectivity index (χ2v) is 19.6. The van der Waals surface area contributed by atoms with Gasteiger partial charge in [-0.25, -0.2) is 24.9 Å². The van der Waals surface area contributed by atoms with Gasteiger partial charge in [-0.05, 0) is 101 Å². The van der Waals surface area contributed by atoms with E-state index in [4.69, 9.17) is 4.74 Å². The highest BCUT2D eigenvalue weighted by Crippen LogP contribution is 2.24. The lowest BCUT2D eigenvalue weighted by atomic mass is 10.1. The summed E-state index contributed by atoms with van der Waals surface area (Å²) in [5, 5.41) is 8.39. The van der Waals surface area contributed by atoms with Crippen LogP contribution >= 0.6 is 0 Å². The summed E-state index contributed by atoms with van der Waals surface area (Å²) in [4.78, 5) is 103. The fourth-order valence-corrected chi connectivity index (χ4v) is 8.65. The van der Waals surface area contributed by atoms with Gasteiger partial charge in [0.2, 0.25) is 29.5 Å². The largest absolute Gasteiger partial charge is 0.481 e. The second-order valence-electron chi connectivity index (χ2n) is 19.6. The first-order valence-electron chi connectivity index (χ1n) is 27.8. The van der Waals surface area contributed by atoms with Gasteiger partial charge in [0.25, 0.3) is 17.7 Å². The molecule has 6 heterocycles. The van der Waals surface area contributed by atoms with Crippen molar-refractivity contribution in [2.45, 2.75) is 85.9 Å². The average molecular weight is 1150 g/mol. The Kier molecular flexibility index (Phi) is 22.3. The van der Waals surface area contributed by atoms with E-state index in [9.17, 15) is 33.2 Å². The van der Waals surface area contributed by atoms with Crippen molar-refractivity contribution in [1.29, 1.82) is 0 Å². The van der Waals surface area contributed by atoms with Crippen LogP contribution < -0.4 is 35.4 Å². The van der Waals surface area contributed by atoms with Crippen molar-refractivity contribution in [2.24, 2.45) is 15.0 Å². The third-order valence-corrected chi connectivity index (χ3v) is 13.9. The number of aromatic nitrogens is 3. The zero-order valence-electron chi connectivity index (χ0n) is 49.0. The van der Waals surface area contributed by atoms with E-state index in [0.717, 1.165) is 67.7 Å². The van der Waals surface area contributed by atoms with Crippen LogP contribution in [0.2, 0.25) is 0 Å². The first-order valence-corrected chi connectivity index (χ1v) is 27.8. The van der Waals surface area contributed by atoms with E-state index in [1.165, 1.54) is 6.20 Å². The summed E-state index contributed by atoms with van der Waals surface area (Å²) in [5.41, 5.74) is 11.9. The Hall–Kier alpha value is -10.1. The van der Waals surface area contributed by atoms with Crippen molar-refractivity contribution >= 4 is 69.6 Å². The third-order valence-electron chi connectivity index (χ3n) is 13.9. The molecule has 0 unspecified atom stereocenters. The maximum Gasteiger partial charge on any atom is 0.269 e. The summed E-state index contributed by atoms with van der Waals surface area (Å²) in [6, 6.07) is 33.4. The molecule has 0 saturated heterocycles. The summed E-state index contributed by atoms with van der Waals surface area (Å²) >= 11 is 0. The molecule has 19 nitrogen and oxygen atoms in total. The van der Waals surface area contributed by atoms with E-state index in [0.29, 0.717) is 80.1 Å². The van der Waals surface area contributed by atoms with E-state index in [2.05, 4.69) is 45.9 Å². The van der Waals surface area contributed by atoms with Crippen LogP contribution in [0.4, 0.5) is 21.5 Å². The number of hydrogen-bond donors (Lipinski definition) is 3. The van der Waals surface area contributed by atoms with Crippen molar-refractivity contribution in [3.05, 3.63) is 208 Å². The molecule has 85 heavy (non-hydrogen) atoms. The Morgan fingerprint density at radius 1 is 0.494 bits per heavy atom. The van der Waals surface area contributed by atoms with Crippen molar-refractivity contribution in [2.75, 3.05) is 43.0 Å². The van der Waals surface area contributed by atoms with Gasteiger partial charge in [0.1, 0.15) is 17.1 Å². The summed E-state index contributed by atoms with van der Waals surface area (Å²) in [6.07, 6.45) is 13.3. The third kappa shape index (κ3) is 17.2. The van der Waals surface area contributed by atoms with Gasteiger partial charge < -0.3 is 35.4 Å². The van der Waals surface area contributed by atoms with E-state index in [1.807, 2.05) is 131 Å². The lowest BCUT2D eigenvalue weighted by Crippen LogP contribution is -2.25. The van der Waals surface area contributed by atoms with Gasteiger partial charge >= 0.3 is 0 Å². The number of halogens is 1. The summed E-state index contributed by atoms with van der Waals surface area (Å²) < 4.78 is 18.6. The lowest BCUT2D eigenvalue weighted by molar-refractivity contribution is -0.118. The maximum absolute atomic E-state index is 13.5. The molecule has 6 aromatic rings. The number of nitrogens with zero attached hydrogens (tertiary/aromatic N) is 9. The highest BCUT2D eigenvalue weighted by Gasteiger charge is 2.21. The van der Waals surface area contributed by atoms with Crippen LogP contribution in [0.15, 0.2) is 178 Å². The highest BCUT2D eigenvalue weighted by molar-refractivity contribution is 6.11. The lowest BCUT2D eigenvalue weighted by Gasteiger charge is -2.16. The average Bonchev–Trinajstić information content (AvgIpc) is 4.50. The molecule has 3 aliphatic heterocycles. The molecule has 438 valence electrons. The number of carbonyl (C=O) groups excluding carboxylic acids is 6. The number of rotatable bonds is 19. The molecule has 3 N–H and O–H groups in total. The Bertz CT molecular complexity index is 3580. The Balaban J connectivity index is 0.000000183. The van der Waals surface area contributed by atoms with Crippen LogP contribution in [-0.2, 0) is 48.4 Å². The van der Waals surface area contributed by atoms with E-state index in [1.54, 1.807) is 79.6 Å². The van der Waals surface area contributed by atoms with Gasteiger partial charge in [0, 0.05) is 132 Å². The molecule has 0 radical (unpaired) electrons. The van der Waals surface area contributed by atoms with Crippen LogP contribution in [0.25, 0.3) is 0 Å². The number of pyridine rings is 3. The number of hydrogen-bond acceptors (Lipinski definition) is 13. The Morgan fingerprint density at radius 3 is 1.20 bits per heavy atom. The number of ether oxygens (including phenoxy) is 1. The molecule has 0 saturated carbocycles. The van der Waals surface area contributed by atoms with Crippen molar-refractivity contribution in [3.63, 3.8) is 0 Å². The topological polar surface area (TPSA) is 233 Å². The highest BCUT2D eigenvalue weighted by atomic mass is 19.1. The molecule has 3 aromatic heterocycles. The van der Waals surface area contributed by atoms with Crippen LogP contribution in [0.1, 0.15) is 98.4 Å². The van der Waals surface area contributed by atoms with E-state index in [-0.39, 0.29) is 42.0 Å². The smallest absolute Gasteiger partial charge is 0.269 e. The number of aryl methyl sites for hydroxylation is 1. The number of allylic oxidation sites excluding steroid dienone is 3. The molecule has 3 aliphatic rings. The van der Waals surface area contributed by atoms with Gasteiger partial charge in [-0.15, -0.1) is 0 Å². The molecule has 0 atom stereocenters. The molecule has 0 bridgehead atoms. The minimum atomic E-state index is -0.598.